The van der Waals surface area contributed by atoms with Gasteiger partial charge in [-0.25, -0.2) is 13.4 Å². The second-order valence-corrected chi connectivity index (χ2v) is 13.2. The van der Waals surface area contributed by atoms with E-state index in [4.69, 9.17) is 5.73 Å². The van der Waals surface area contributed by atoms with Crippen LogP contribution in [0.3, 0.4) is 0 Å². The Hall–Kier alpha value is -3.51. The normalized spacial score (nSPS) is 13.6. The molecular weight excluding hydrogens is 548 g/mol. The van der Waals surface area contributed by atoms with Gasteiger partial charge in [0, 0.05) is 18.7 Å². The minimum absolute atomic E-state index is 0.0217. The summed E-state index contributed by atoms with van der Waals surface area (Å²) in [6, 6.07) is 17.7. The van der Waals surface area contributed by atoms with Crippen molar-refractivity contribution in [1.29, 1.82) is 0 Å². The molecule has 0 aliphatic rings. The number of phenolic OH excluding ortho intramolecular Hbond substituents is 1. The van der Waals surface area contributed by atoms with Crippen molar-refractivity contribution in [3.05, 3.63) is 83.4 Å². The van der Waals surface area contributed by atoms with Crippen LogP contribution in [-0.4, -0.2) is 59.1 Å². The Bertz CT molecular complexity index is 1590. The molecular formula is C29H34N4O5S2. The summed E-state index contributed by atoms with van der Waals surface area (Å²) < 4.78 is 29.5. The molecule has 4 aromatic rings. The summed E-state index contributed by atoms with van der Waals surface area (Å²) in [7, 11) is -4.00. The van der Waals surface area contributed by atoms with Gasteiger partial charge in [0.05, 0.1) is 27.3 Å². The number of nitrogens with two attached hydrogens (primary N) is 1. The first-order chi connectivity index (χ1) is 18.9. The largest absolute Gasteiger partial charge is 0.508 e. The zero-order valence-electron chi connectivity index (χ0n) is 22.6. The summed E-state index contributed by atoms with van der Waals surface area (Å²) in [5, 5.41) is 24.5. The van der Waals surface area contributed by atoms with Crippen LogP contribution in [0.5, 0.6) is 5.75 Å². The molecule has 0 saturated carbocycles. The molecule has 0 spiro atoms. The number of aromatic hydroxyl groups is 1. The molecule has 1 heterocycles. The number of fused-ring (bicyclic) bond motifs is 1. The van der Waals surface area contributed by atoms with Crippen molar-refractivity contribution >= 4 is 42.6 Å². The van der Waals surface area contributed by atoms with Crippen LogP contribution >= 0.6 is 11.3 Å². The number of nitrogens with one attached hydrogen (secondary N) is 1. The molecule has 212 valence electrons. The third kappa shape index (κ3) is 6.97. The highest BCUT2D eigenvalue weighted by atomic mass is 32.2. The molecule has 0 fully saturated rings. The number of benzene rings is 3. The number of amides is 1. The van der Waals surface area contributed by atoms with Gasteiger partial charge < -0.3 is 21.3 Å². The first kappa shape index (κ1) is 29.5. The topological polar surface area (TPSA) is 146 Å². The Morgan fingerprint density at radius 1 is 1.07 bits per heavy atom. The number of rotatable bonds is 11. The minimum Gasteiger partial charge on any atom is -0.508 e. The monoisotopic (exact) mass is 582 g/mol. The van der Waals surface area contributed by atoms with Crippen LogP contribution in [-0.2, 0) is 16.4 Å². The number of aliphatic hydroxyl groups excluding tert-OH is 1. The zero-order valence-corrected chi connectivity index (χ0v) is 24.2. The minimum atomic E-state index is -4.00. The fourth-order valence-corrected chi connectivity index (χ4v) is 7.04. The van der Waals surface area contributed by atoms with Crippen LogP contribution in [0.15, 0.2) is 71.6 Å². The van der Waals surface area contributed by atoms with Crippen LogP contribution in [0.4, 0.5) is 5.13 Å². The molecule has 1 amide bonds. The number of carbonyl (C=O) groups is 1. The molecule has 0 saturated heterocycles. The lowest BCUT2D eigenvalue weighted by Crippen LogP contribution is -2.51. The maximum Gasteiger partial charge on any atom is 0.251 e. The number of hydrogen-bond acceptors (Lipinski definition) is 8. The van der Waals surface area contributed by atoms with Crippen molar-refractivity contribution in [2.75, 3.05) is 18.8 Å². The van der Waals surface area contributed by atoms with E-state index in [1.807, 2.05) is 44.2 Å². The van der Waals surface area contributed by atoms with Crippen molar-refractivity contribution in [2.45, 2.75) is 44.2 Å². The SMILES string of the molecule is Cc1cc(O)ccc1C(=O)NC(Cc1ccccc1)C(O)CN(CC(C)C)S(=O)(=O)c1ccc2nc(N)sc2c1. The van der Waals surface area contributed by atoms with Crippen LogP contribution in [0.25, 0.3) is 10.2 Å². The third-order valence-corrected chi connectivity index (χ3v) is 9.18. The molecule has 2 unspecified atom stereocenters. The summed E-state index contributed by atoms with van der Waals surface area (Å²) in [5.41, 5.74) is 8.23. The van der Waals surface area contributed by atoms with E-state index in [1.54, 1.807) is 19.1 Å². The Balaban J connectivity index is 1.63. The fraction of sp³-hybridized carbons (Fsp3) is 0.310. The zero-order chi connectivity index (χ0) is 29.0. The summed E-state index contributed by atoms with van der Waals surface area (Å²) in [6.45, 7) is 5.46. The maximum atomic E-state index is 13.8. The molecule has 4 rings (SSSR count). The van der Waals surface area contributed by atoms with Gasteiger partial charge >= 0.3 is 0 Å². The van der Waals surface area contributed by atoms with E-state index < -0.39 is 28.1 Å². The lowest BCUT2D eigenvalue weighted by atomic mass is 9.99. The van der Waals surface area contributed by atoms with Gasteiger partial charge in [0.2, 0.25) is 10.0 Å². The van der Waals surface area contributed by atoms with Crippen LogP contribution in [0.1, 0.15) is 35.3 Å². The molecule has 11 heteroatoms. The first-order valence-electron chi connectivity index (χ1n) is 12.9. The van der Waals surface area contributed by atoms with Gasteiger partial charge in [0.1, 0.15) is 5.75 Å². The number of carbonyl (C=O) groups excluding carboxylic acids is 1. The molecule has 3 aromatic carbocycles. The number of sulfonamides is 1. The summed E-state index contributed by atoms with van der Waals surface area (Å²) in [6.07, 6.45) is -0.940. The van der Waals surface area contributed by atoms with Crippen molar-refractivity contribution in [2.24, 2.45) is 5.92 Å². The number of anilines is 1. The molecule has 1 aromatic heterocycles. The number of aryl methyl sites for hydroxylation is 1. The standard InChI is InChI=1S/C29H34N4O5S2/c1-18(2)16-33(40(37,38)22-10-12-24-27(15-22)39-29(30)32-24)17-26(35)25(14-20-7-5-4-6-8-20)31-28(36)23-11-9-21(34)13-19(23)3/h4-13,15,18,25-26,34-35H,14,16-17H2,1-3H3,(H2,30,32)(H,31,36). The summed E-state index contributed by atoms with van der Waals surface area (Å²) >= 11 is 1.21. The molecule has 40 heavy (non-hydrogen) atoms. The fourth-order valence-electron chi connectivity index (χ4n) is 4.55. The first-order valence-corrected chi connectivity index (χ1v) is 15.2. The molecule has 0 radical (unpaired) electrons. The number of phenols is 1. The summed E-state index contributed by atoms with van der Waals surface area (Å²) in [4.78, 5) is 17.5. The second-order valence-electron chi connectivity index (χ2n) is 10.2. The van der Waals surface area contributed by atoms with Crippen LogP contribution < -0.4 is 11.1 Å². The predicted molar refractivity (Wildman–Crippen MR) is 158 cm³/mol. The Morgan fingerprint density at radius 3 is 2.48 bits per heavy atom. The van der Waals surface area contributed by atoms with Crippen molar-refractivity contribution in [3.63, 3.8) is 0 Å². The quantitative estimate of drug-likeness (QED) is 0.210. The third-order valence-electron chi connectivity index (χ3n) is 6.51. The van der Waals surface area contributed by atoms with E-state index in [1.165, 1.54) is 39.9 Å². The highest BCUT2D eigenvalue weighted by Gasteiger charge is 2.32. The Labute approximate surface area is 238 Å². The molecule has 2 atom stereocenters. The van der Waals surface area contributed by atoms with Crippen molar-refractivity contribution in [3.8, 4) is 5.75 Å². The molecule has 9 nitrogen and oxygen atoms in total. The number of aliphatic hydroxyl groups is 1. The highest BCUT2D eigenvalue weighted by Crippen LogP contribution is 2.28. The predicted octanol–water partition coefficient (Wildman–Crippen LogP) is 3.94. The van der Waals surface area contributed by atoms with E-state index in [9.17, 15) is 23.4 Å². The molecule has 0 aliphatic heterocycles. The molecule has 0 bridgehead atoms. The van der Waals surface area contributed by atoms with Gasteiger partial charge in [-0.3, -0.25) is 4.79 Å². The lowest BCUT2D eigenvalue weighted by molar-refractivity contribution is 0.0775. The Morgan fingerprint density at radius 2 is 1.80 bits per heavy atom. The smallest absolute Gasteiger partial charge is 0.251 e. The van der Waals surface area contributed by atoms with E-state index in [0.29, 0.717) is 26.5 Å². The molecule has 0 aliphatic carbocycles. The van der Waals surface area contributed by atoms with Crippen molar-refractivity contribution in [1.82, 2.24) is 14.6 Å². The second kappa shape index (κ2) is 12.3. The van der Waals surface area contributed by atoms with Gasteiger partial charge in [-0.05, 0) is 66.8 Å². The van der Waals surface area contributed by atoms with Crippen LogP contribution in [0, 0.1) is 12.8 Å². The number of aromatic nitrogens is 1. The van der Waals surface area contributed by atoms with E-state index in [0.717, 1.165) is 5.56 Å². The van der Waals surface area contributed by atoms with Crippen LogP contribution in [0.2, 0.25) is 0 Å². The van der Waals surface area contributed by atoms with Gasteiger partial charge in [0.25, 0.3) is 5.91 Å². The molecule has 5 N–H and O–H groups in total. The lowest BCUT2D eigenvalue weighted by Gasteiger charge is -2.31. The Kier molecular flexibility index (Phi) is 9.09. The van der Waals surface area contributed by atoms with Crippen molar-refractivity contribution < 1.29 is 23.4 Å². The average Bonchev–Trinajstić information content (AvgIpc) is 3.27. The van der Waals surface area contributed by atoms with E-state index in [-0.39, 0.29) is 36.1 Å². The highest BCUT2D eigenvalue weighted by molar-refractivity contribution is 7.89. The van der Waals surface area contributed by atoms with E-state index in [2.05, 4.69) is 10.3 Å². The van der Waals surface area contributed by atoms with E-state index >= 15 is 0 Å². The van der Waals surface area contributed by atoms with Gasteiger partial charge in [0.15, 0.2) is 5.13 Å². The number of nitrogens with zero attached hydrogens (tertiary/aromatic N) is 2. The maximum absolute atomic E-state index is 13.8. The average molecular weight is 583 g/mol. The summed E-state index contributed by atoms with van der Waals surface area (Å²) in [5.74, 6) is -0.404. The number of hydrogen-bond donors (Lipinski definition) is 4. The number of thiazole rings is 1. The van der Waals surface area contributed by atoms with Gasteiger partial charge in [-0.15, -0.1) is 0 Å². The number of nitrogen functional groups attached to an aromatic ring is 1. The van der Waals surface area contributed by atoms with Gasteiger partial charge in [-0.2, -0.15) is 4.31 Å². The van der Waals surface area contributed by atoms with Gasteiger partial charge in [-0.1, -0.05) is 55.5 Å².